The Morgan fingerprint density at radius 2 is 2.16 bits per heavy atom. The average Bonchev–Trinajstić information content (AvgIpc) is 2.84. The van der Waals surface area contributed by atoms with Gasteiger partial charge in [0, 0.05) is 12.2 Å². The second-order valence-corrected chi connectivity index (χ2v) is 6.75. The standard InChI is InChI=1S/C16H29N3/c1-6-16(3,4)13-7-8-14(17-5)15(11-13)19-10-9-12(2)18-19/h9-10,13-15,17H,6-8,11H2,1-5H3. The van der Waals surface area contributed by atoms with E-state index in [1.165, 1.54) is 25.7 Å². The lowest BCUT2D eigenvalue weighted by molar-refractivity contribution is 0.0983. The summed E-state index contributed by atoms with van der Waals surface area (Å²) in [5.74, 6) is 0.802. The van der Waals surface area contributed by atoms with Crippen LogP contribution in [0.3, 0.4) is 0 Å². The van der Waals surface area contributed by atoms with Gasteiger partial charge in [-0.25, -0.2) is 0 Å². The molecule has 3 heteroatoms. The van der Waals surface area contributed by atoms with E-state index in [0.29, 0.717) is 17.5 Å². The Hall–Kier alpha value is -0.830. The molecule has 1 heterocycles. The molecular weight excluding hydrogens is 234 g/mol. The zero-order chi connectivity index (χ0) is 14.0. The van der Waals surface area contributed by atoms with Crippen molar-refractivity contribution in [1.82, 2.24) is 15.1 Å². The predicted molar refractivity (Wildman–Crippen MR) is 80.3 cm³/mol. The van der Waals surface area contributed by atoms with E-state index in [1.54, 1.807) is 0 Å². The molecule has 1 aromatic rings. The summed E-state index contributed by atoms with van der Waals surface area (Å²) in [6, 6.07) is 3.17. The fourth-order valence-electron chi connectivity index (χ4n) is 3.39. The molecule has 0 radical (unpaired) electrons. The van der Waals surface area contributed by atoms with Crippen LogP contribution in [0.4, 0.5) is 0 Å². The van der Waals surface area contributed by atoms with Crippen molar-refractivity contribution in [2.24, 2.45) is 11.3 Å². The quantitative estimate of drug-likeness (QED) is 0.900. The van der Waals surface area contributed by atoms with Crippen molar-refractivity contribution in [3.8, 4) is 0 Å². The molecule has 0 aromatic carbocycles. The van der Waals surface area contributed by atoms with Crippen LogP contribution in [0.15, 0.2) is 12.3 Å². The molecule has 1 aliphatic rings. The van der Waals surface area contributed by atoms with Gasteiger partial charge in [-0.3, -0.25) is 4.68 Å². The first kappa shape index (κ1) is 14.6. The van der Waals surface area contributed by atoms with E-state index in [0.717, 1.165) is 11.6 Å². The van der Waals surface area contributed by atoms with E-state index in [1.807, 2.05) is 0 Å². The number of hydrogen-bond acceptors (Lipinski definition) is 2. The summed E-state index contributed by atoms with van der Waals surface area (Å²) in [5, 5.41) is 8.14. The number of hydrogen-bond donors (Lipinski definition) is 1. The van der Waals surface area contributed by atoms with Gasteiger partial charge in [0.25, 0.3) is 0 Å². The molecule has 108 valence electrons. The van der Waals surface area contributed by atoms with Crippen LogP contribution in [0.5, 0.6) is 0 Å². The van der Waals surface area contributed by atoms with Crippen molar-refractivity contribution < 1.29 is 0 Å². The van der Waals surface area contributed by atoms with Crippen molar-refractivity contribution in [2.75, 3.05) is 7.05 Å². The first-order valence-electron chi connectivity index (χ1n) is 7.67. The van der Waals surface area contributed by atoms with Crippen LogP contribution < -0.4 is 5.32 Å². The molecule has 0 amide bonds. The van der Waals surface area contributed by atoms with Crippen molar-refractivity contribution in [3.05, 3.63) is 18.0 Å². The first-order valence-corrected chi connectivity index (χ1v) is 7.67. The molecule has 0 aliphatic heterocycles. The Labute approximate surface area is 117 Å². The van der Waals surface area contributed by atoms with Gasteiger partial charge in [0.2, 0.25) is 0 Å². The molecule has 19 heavy (non-hydrogen) atoms. The third-order valence-corrected chi connectivity index (χ3v) is 5.29. The summed E-state index contributed by atoms with van der Waals surface area (Å²) in [6.45, 7) is 9.23. The second kappa shape index (κ2) is 5.66. The topological polar surface area (TPSA) is 29.9 Å². The minimum Gasteiger partial charge on any atom is -0.315 e. The molecule has 0 bridgehead atoms. The summed E-state index contributed by atoms with van der Waals surface area (Å²) in [4.78, 5) is 0. The van der Waals surface area contributed by atoms with Crippen LogP contribution in [-0.2, 0) is 0 Å². The maximum absolute atomic E-state index is 4.65. The van der Waals surface area contributed by atoms with Crippen LogP contribution in [0.1, 0.15) is 58.2 Å². The number of nitrogens with one attached hydrogen (secondary N) is 1. The highest BCUT2D eigenvalue weighted by atomic mass is 15.3. The predicted octanol–water partition coefficient (Wildman–Crippen LogP) is 3.56. The van der Waals surface area contributed by atoms with Gasteiger partial charge in [-0.05, 0) is 50.6 Å². The second-order valence-electron chi connectivity index (χ2n) is 6.75. The van der Waals surface area contributed by atoms with Crippen LogP contribution in [-0.4, -0.2) is 22.9 Å². The van der Waals surface area contributed by atoms with Crippen molar-refractivity contribution in [2.45, 2.75) is 65.5 Å². The van der Waals surface area contributed by atoms with Crippen molar-refractivity contribution in [3.63, 3.8) is 0 Å². The largest absolute Gasteiger partial charge is 0.315 e. The zero-order valence-electron chi connectivity index (χ0n) is 13.1. The Morgan fingerprint density at radius 1 is 1.42 bits per heavy atom. The molecular formula is C16H29N3. The first-order chi connectivity index (χ1) is 8.97. The highest BCUT2D eigenvalue weighted by molar-refractivity contribution is 4.99. The molecule has 1 aromatic heterocycles. The normalized spacial score (nSPS) is 28.6. The molecule has 3 atom stereocenters. The van der Waals surface area contributed by atoms with Gasteiger partial charge in [0.05, 0.1) is 11.7 Å². The van der Waals surface area contributed by atoms with Crippen molar-refractivity contribution in [1.29, 1.82) is 0 Å². The maximum atomic E-state index is 4.65. The number of aromatic nitrogens is 2. The zero-order valence-corrected chi connectivity index (χ0v) is 13.1. The summed E-state index contributed by atoms with van der Waals surface area (Å²) < 4.78 is 2.19. The minimum atomic E-state index is 0.444. The number of aryl methyl sites for hydroxylation is 1. The van der Waals surface area contributed by atoms with Crippen LogP contribution in [0, 0.1) is 18.3 Å². The van der Waals surface area contributed by atoms with Crippen LogP contribution >= 0.6 is 0 Å². The van der Waals surface area contributed by atoms with Gasteiger partial charge in [-0.1, -0.05) is 27.2 Å². The van der Waals surface area contributed by atoms with E-state index < -0.39 is 0 Å². The minimum absolute atomic E-state index is 0.444. The molecule has 3 nitrogen and oxygen atoms in total. The van der Waals surface area contributed by atoms with E-state index in [9.17, 15) is 0 Å². The lowest BCUT2D eigenvalue weighted by atomic mass is 9.67. The maximum Gasteiger partial charge on any atom is 0.0674 e. The molecule has 0 saturated heterocycles. The summed E-state index contributed by atoms with van der Waals surface area (Å²) in [6.07, 6.45) is 7.24. The molecule has 0 spiro atoms. The Balaban J connectivity index is 2.18. The molecule has 3 unspecified atom stereocenters. The Kier molecular flexibility index (Phi) is 4.34. The van der Waals surface area contributed by atoms with Gasteiger partial charge in [0.15, 0.2) is 0 Å². The van der Waals surface area contributed by atoms with Gasteiger partial charge in [0.1, 0.15) is 0 Å². The van der Waals surface area contributed by atoms with Gasteiger partial charge in [-0.2, -0.15) is 5.10 Å². The van der Waals surface area contributed by atoms with E-state index >= 15 is 0 Å². The van der Waals surface area contributed by atoms with Gasteiger partial charge in [-0.15, -0.1) is 0 Å². The average molecular weight is 263 g/mol. The van der Waals surface area contributed by atoms with Crippen LogP contribution in [0.25, 0.3) is 0 Å². The number of rotatable bonds is 4. The molecule has 1 N–H and O–H groups in total. The molecule has 1 fully saturated rings. The SMILES string of the molecule is CCC(C)(C)C1CCC(NC)C(n2ccc(C)n2)C1. The van der Waals surface area contributed by atoms with Crippen molar-refractivity contribution >= 4 is 0 Å². The van der Waals surface area contributed by atoms with Crippen LogP contribution in [0.2, 0.25) is 0 Å². The van der Waals surface area contributed by atoms with Gasteiger partial charge < -0.3 is 5.32 Å². The lowest BCUT2D eigenvalue weighted by Crippen LogP contribution is -2.43. The Bertz CT molecular complexity index is 408. The molecule has 2 rings (SSSR count). The van der Waals surface area contributed by atoms with E-state index in [4.69, 9.17) is 0 Å². The fourth-order valence-corrected chi connectivity index (χ4v) is 3.39. The number of nitrogens with zero attached hydrogens (tertiary/aromatic N) is 2. The summed E-state index contributed by atoms with van der Waals surface area (Å²) in [7, 11) is 2.08. The summed E-state index contributed by atoms with van der Waals surface area (Å²) >= 11 is 0. The monoisotopic (exact) mass is 263 g/mol. The fraction of sp³-hybridized carbons (Fsp3) is 0.812. The smallest absolute Gasteiger partial charge is 0.0674 e. The molecule has 1 saturated carbocycles. The van der Waals surface area contributed by atoms with Gasteiger partial charge >= 0.3 is 0 Å². The van der Waals surface area contributed by atoms with E-state index in [-0.39, 0.29) is 0 Å². The summed E-state index contributed by atoms with van der Waals surface area (Å²) in [5.41, 5.74) is 1.56. The Morgan fingerprint density at radius 3 is 2.68 bits per heavy atom. The number of likely N-dealkylation sites (N-methyl/N-ethyl adjacent to an activating group) is 1. The molecule has 1 aliphatic carbocycles. The lowest BCUT2D eigenvalue weighted by Gasteiger charge is -2.43. The highest BCUT2D eigenvalue weighted by Crippen LogP contribution is 2.43. The third-order valence-electron chi connectivity index (χ3n) is 5.29. The third kappa shape index (κ3) is 3.02. The highest BCUT2D eigenvalue weighted by Gasteiger charge is 2.37. The van der Waals surface area contributed by atoms with E-state index in [2.05, 4.69) is 62.1 Å².